The Balaban J connectivity index is 2.38. The second kappa shape index (κ2) is 7.04. The average molecular weight is 324 g/mol. The van der Waals surface area contributed by atoms with E-state index in [4.69, 9.17) is 26.8 Å². The molecule has 22 heavy (non-hydrogen) atoms. The molecule has 1 aromatic carbocycles. The van der Waals surface area contributed by atoms with Gasteiger partial charge in [-0.05, 0) is 13.0 Å². The minimum atomic E-state index is 0.415. The third kappa shape index (κ3) is 3.25. The van der Waals surface area contributed by atoms with Gasteiger partial charge in [-0.2, -0.15) is 0 Å². The fraction of sp³-hybridized carbons (Fsp3) is 0.286. The molecule has 0 aliphatic heterocycles. The van der Waals surface area contributed by atoms with Crippen molar-refractivity contribution in [3.63, 3.8) is 0 Å². The number of nitrogens with one attached hydrogen (secondary N) is 2. The second-order valence-electron chi connectivity index (χ2n) is 4.33. The summed E-state index contributed by atoms with van der Waals surface area (Å²) in [6.45, 7) is 2.67. The summed E-state index contributed by atoms with van der Waals surface area (Å²) in [5, 5.41) is 6.62. The Labute approximate surface area is 133 Å². The molecule has 0 radical (unpaired) electrons. The minimum absolute atomic E-state index is 0.415. The average Bonchev–Trinajstić information content (AvgIpc) is 2.52. The number of ether oxygens (including phenoxy) is 2. The maximum atomic E-state index is 6.15. The summed E-state index contributed by atoms with van der Waals surface area (Å²) in [5.41, 5.74) is 7.10. The van der Waals surface area contributed by atoms with Crippen molar-refractivity contribution in [1.82, 2.24) is 9.97 Å². The number of nitrogens with two attached hydrogens (primary N) is 1. The monoisotopic (exact) mass is 323 g/mol. The van der Waals surface area contributed by atoms with Gasteiger partial charge >= 0.3 is 0 Å². The zero-order chi connectivity index (χ0) is 16.1. The van der Waals surface area contributed by atoms with Gasteiger partial charge in [0.2, 0.25) is 0 Å². The third-order valence-corrected chi connectivity index (χ3v) is 3.25. The third-order valence-electron chi connectivity index (χ3n) is 2.96. The van der Waals surface area contributed by atoms with Crippen molar-refractivity contribution in [3.8, 4) is 11.5 Å². The highest BCUT2D eigenvalue weighted by molar-refractivity contribution is 6.32. The fourth-order valence-corrected chi connectivity index (χ4v) is 2.13. The summed E-state index contributed by atoms with van der Waals surface area (Å²) in [4.78, 5) is 8.24. The van der Waals surface area contributed by atoms with E-state index in [1.807, 2.05) is 6.92 Å². The first-order valence-electron chi connectivity index (χ1n) is 6.63. The van der Waals surface area contributed by atoms with Crippen LogP contribution in [-0.2, 0) is 0 Å². The van der Waals surface area contributed by atoms with E-state index in [2.05, 4.69) is 20.6 Å². The quantitative estimate of drug-likeness (QED) is 0.752. The van der Waals surface area contributed by atoms with Crippen molar-refractivity contribution in [1.29, 1.82) is 0 Å². The van der Waals surface area contributed by atoms with Crippen LogP contribution in [0, 0.1) is 0 Å². The summed E-state index contributed by atoms with van der Waals surface area (Å²) in [7, 11) is 3.10. The second-order valence-corrected chi connectivity index (χ2v) is 4.73. The van der Waals surface area contributed by atoms with Crippen molar-refractivity contribution >= 4 is 34.6 Å². The molecule has 0 aliphatic rings. The van der Waals surface area contributed by atoms with Crippen LogP contribution in [0.1, 0.15) is 6.92 Å². The number of rotatable bonds is 6. The first kappa shape index (κ1) is 16.0. The number of hydrogen-bond acceptors (Lipinski definition) is 7. The van der Waals surface area contributed by atoms with Crippen LogP contribution in [-0.4, -0.2) is 30.7 Å². The maximum absolute atomic E-state index is 6.15. The molecule has 1 heterocycles. The van der Waals surface area contributed by atoms with Crippen LogP contribution in [0.25, 0.3) is 0 Å². The predicted molar refractivity (Wildman–Crippen MR) is 88.4 cm³/mol. The number of nitrogen functional groups attached to an aromatic ring is 1. The summed E-state index contributed by atoms with van der Waals surface area (Å²) < 4.78 is 10.5. The van der Waals surface area contributed by atoms with E-state index >= 15 is 0 Å². The van der Waals surface area contributed by atoms with Gasteiger partial charge in [-0.25, -0.2) is 9.97 Å². The lowest BCUT2D eigenvalue weighted by Gasteiger charge is -2.15. The highest BCUT2D eigenvalue weighted by Gasteiger charge is 2.13. The number of aromatic nitrogens is 2. The first-order chi connectivity index (χ1) is 10.6. The van der Waals surface area contributed by atoms with Crippen molar-refractivity contribution in [2.45, 2.75) is 6.92 Å². The van der Waals surface area contributed by atoms with Crippen LogP contribution in [0.3, 0.4) is 0 Å². The van der Waals surface area contributed by atoms with Crippen molar-refractivity contribution in [2.75, 3.05) is 37.1 Å². The minimum Gasteiger partial charge on any atom is -0.495 e. The molecule has 1 aromatic heterocycles. The molecule has 0 unspecified atom stereocenters. The Hall–Kier alpha value is -2.41. The van der Waals surface area contributed by atoms with Gasteiger partial charge in [0.1, 0.15) is 23.5 Å². The smallest absolute Gasteiger partial charge is 0.159 e. The standard InChI is InChI=1S/C14H18ClN5O2/c1-4-17-13-12(16)14(19-7-18-13)20-9-5-8(15)10(21-2)6-11(9)22-3/h5-7H,4,16H2,1-3H3,(H2,17,18,19,20). The highest BCUT2D eigenvalue weighted by atomic mass is 35.5. The Kier molecular flexibility index (Phi) is 5.11. The van der Waals surface area contributed by atoms with Gasteiger partial charge in [0.15, 0.2) is 11.6 Å². The molecule has 7 nitrogen and oxygen atoms in total. The van der Waals surface area contributed by atoms with E-state index in [1.54, 1.807) is 26.4 Å². The van der Waals surface area contributed by atoms with Crippen molar-refractivity contribution in [2.24, 2.45) is 0 Å². The van der Waals surface area contributed by atoms with Gasteiger partial charge in [-0.3, -0.25) is 0 Å². The first-order valence-corrected chi connectivity index (χ1v) is 7.01. The van der Waals surface area contributed by atoms with Crippen LogP contribution in [0.15, 0.2) is 18.5 Å². The number of halogens is 1. The number of anilines is 4. The predicted octanol–water partition coefficient (Wildman–Crippen LogP) is 2.90. The molecule has 0 bridgehead atoms. The van der Waals surface area contributed by atoms with Gasteiger partial charge in [0.25, 0.3) is 0 Å². The van der Waals surface area contributed by atoms with Crippen LogP contribution < -0.4 is 25.8 Å². The lowest BCUT2D eigenvalue weighted by molar-refractivity contribution is 0.396. The molecule has 118 valence electrons. The molecule has 2 aromatic rings. The van der Waals surface area contributed by atoms with Gasteiger partial charge in [0.05, 0.1) is 24.9 Å². The topological polar surface area (TPSA) is 94.3 Å². The zero-order valence-electron chi connectivity index (χ0n) is 12.6. The van der Waals surface area contributed by atoms with Gasteiger partial charge in [0, 0.05) is 12.6 Å². The molecule has 4 N–H and O–H groups in total. The van der Waals surface area contributed by atoms with Gasteiger partial charge in [-0.15, -0.1) is 0 Å². The Morgan fingerprint density at radius 2 is 1.82 bits per heavy atom. The number of benzene rings is 1. The van der Waals surface area contributed by atoms with Gasteiger partial charge in [-0.1, -0.05) is 11.6 Å². The molecule has 0 saturated heterocycles. The van der Waals surface area contributed by atoms with Crippen LogP contribution in [0.4, 0.5) is 23.0 Å². The van der Waals surface area contributed by atoms with E-state index in [0.29, 0.717) is 46.1 Å². The SMILES string of the molecule is CCNc1ncnc(Nc2cc(Cl)c(OC)cc2OC)c1N. The molecule has 0 amide bonds. The Bertz CT molecular complexity index is 666. The van der Waals surface area contributed by atoms with E-state index in [1.165, 1.54) is 6.33 Å². The van der Waals surface area contributed by atoms with Crippen molar-refractivity contribution < 1.29 is 9.47 Å². The van der Waals surface area contributed by atoms with E-state index in [0.717, 1.165) is 0 Å². The number of hydrogen-bond donors (Lipinski definition) is 3. The molecular formula is C14H18ClN5O2. The van der Waals surface area contributed by atoms with Gasteiger partial charge < -0.3 is 25.8 Å². The fourth-order valence-electron chi connectivity index (χ4n) is 1.89. The molecule has 0 spiro atoms. The molecule has 0 aliphatic carbocycles. The number of nitrogens with zero attached hydrogens (tertiary/aromatic N) is 2. The lowest BCUT2D eigenvalue weighted by atomic mass is 10.2. The summed E-state index contributed by atoms with van der Waals surface area (Å²) in [5.74, 6) is 2.11. The Morgan fingerprint density at radius 3 is 2.45 bits per heavy atom. The zero-order valence-corrected chi connectivity index (χ0v) is 13.4. The normalized spacial score (nSPS) is 10.2. The molecule has 2 rings (SSSR count). The van der Waals surface area contributed by atoms with E-state index < -0.39 is 0 Å². The van der Waals surface area contributed by atoms with E-state index in [-0.39, 0.29) is 0 Å². The summed E-state index contributed by atoms with van der Waals surface area (Å²) in [6, 6.07) is 3.38. The highest BCUT2D eigenvalue weighted by Crippen LogP contribution is 2.38. The maximum Gasteiger partial charge on any atom is 0.159 e. The molecular weight excluding hydrogens is 306 g/mol. The molecule has 0 atom stereocenters. The lowest BCUT2D eigenvalue weighted by Crippen LogP contribution is -2.08. The molecule has 0 fully saturated rings. The Morgan fingerprint density at radius 1 is 1.14 bits per heavy atom. The number of methoxy groups -OCH3 is 2. The van der Waals surface area contributed by atoms with Crippen LogP contribution >= 0.6 is 11.6 Å². The summed E-state index contributed by atoms with van der Waals surface area (Å²) >= 11 is 6.15. The van der Waals surface area contributed by atoms with Crippen LogP contribution in [0.5, 0.6) is 11.5 Å². The van der Waals surface area contributed by atoms with E-state index in [9.17, 15) is 0 Å². The van der Waals surface area contributed by atoms with Crippen LogP contribution in [0.2, 0.25) is 5.02 Å². The molecule has 8 heteroatoms. The molecule has 0 saturated carbocycles. The summed E-state index contributed by atoms with van der Waals surface area (Å²) in [6.07, 6.45) is 1.42. The largest absolute Gasteiger partial charge is 0.495 e. The van der Waals surface area contributed by atoms with Crippen molar-refractivity contribution in [3.05, 3.63) is 23.5 Å².